The van der Waals surface area contributed by atoms with Gasteiger partial charge in [-0.1, -0.05) is 22.0 Å². The number of carbonyl (C=O) groups excluding carboxylic acids is 1. The summed E-state index contributed by atoms with van der Waals surface area (Å²) in [4.78, 5) is 13.8. The Morgan fingerprint density at radius 1 is 1.38 bits per heavy atom. The summed E-state index contributed by atoms with van der Waals surface area (Å²) in [5, 5.41) is 0. The average molecular weight is 371 g/mol. The van der Waals surface area contributed by atoms with Gasteiger partial charge in [0.05, 0.1) is 12.2 Å². The van der Waals surface area contributed by atoms with E-state index in [0.29, 0.717) is 15.7 Å². The topological polar surface area (TPSA) is 57.7 Å². The number of fused-ring (bicyclic) bond motifs is 1. The van der Waals surface area contributed by atoms with Crippen molar-refractivity contribution in [1.29, 1.82) is 0 Å². The van der Waals surface area contributed by atoms with E-state index >= 15 is 0 Å². The second-order valence-electron chi connectivity index (χ2n) is 4.77. The van der Waals surface area contributed by atoms with Crippen LogP contribution in [0.2, 0.25) is 0 Å². The molecular formula is C14H15BrN2O3S. The number of hydrogen-bond acceptors (Lipinski definition) is 4. The molecule has 0 N–H and O–H groups in total. The number of Topliss-reactive ketones (excluding diaryl/α,β-unsaturated/α-hetero) is 1. The summed E-state index contributed by atoms with van der Waals surface area (Å²) in [6.07, 6.45) is 2.82. The molecule has 5 nitrogen and oxygen atoms in total. The highest BCUT2D eigenvalue weighted by atomic mass is 79.9. The Hall–Kier alpha value is -1.60. The van der Waals surface area contributed by atoms with E-state index < -0.39 is 15.8 Å². The first kappa shape index (κ1) is 15.8. The number of halogens is 1. The molecule has 2 rings (SSSR count). The minimum atomic E-state index is -3.89. The maximum absolute atomic E-state index is 12.7. The van der Waals surface area contributed by atoms with Gasteiger partial charge >= 0.3 is 0 Å². The molecule has 0 aliphatic carbocycles. The summed E-state index contributed by atoms with van der Waals surface area (Å²) in [5.74, 6) is -0.494. The molecule has 0 saturated carbocycles. The van der Waals surface area contributed by atoms with Crippen LogP contribution < -0.4 is 4.31 Å². The molecule has 112 valence electrons. The predicted molar refractivity (Wildman–Crippen MR) is 86.7 cm³/mol. The normalized spacial score (nSPS) is 18.5. The number of carbonyl (C=O) groups is 1. The van der Waals surface area contributed by atoms with Crippen molar-refractivity contribution in [3.8, 4) is 0 Å². The van der Waals surface area contributed by atoms with Crippen LogP contribution in [0.1, 0.15) is 10.4 Å². The smallest absolute Gasteiger partial charge is 0.270 e. The van der Waals surface area contributed by atoms with E-state index in [1.54, 1.807) is 37.2 Å². The van der Waals surface area contributed by atoms with E-state index in [0.717, 1.165) is 0 Å². The van der Waals surface area contributed by atoms with Crippen LogP contribution in [-0.2, 0) is 10.0 Å². The summed E-state index contributed by atoms with van der Waals surface area (Å²) < 4.78 is 27.2. The molecule has 0 spiro atoms. The van der Waals surface area contributed by atoms with Gasteiger partial charge in [0.2, 0.25) is 5.78 Å². The minimum absolute atomic E-state index is 0.101. The third kappa shape index (κ3) is 2.75. The first-order chi connectivity index (χ1) is 9.78. The standard InChI is InChI=1S/C14H15BrN2O3S/c1-4-7-17-12-8-10(15)5-6-11(12)14(18)13(9-16(2)3)21(17,19)20/h4-6,8-9H,1,7H2,2-3H3/b13-9-. The molecule has 0 unspecified atom stereocenters. The van der Waals surface area contributed by atoms with Gasteiger partial charge < -0.3 is 4.90 Å². The lowest BCUT2D eigenvalue weighted by atomic mass is 10.1. The fraction of sp³-hybridized carbons (Fsp3) is 0.214. The molecule has 0 saturated heterocycles. The molecule has 0 amide bonds. The van der Waals surface area contributed by atoms with Gasteiger partial charge in [-0.05, 0) is 18.2 Å². The van der Waals surface area contributed by atoms with E-state index in [-0.39, 0.29) is 11.4 Å². The monoisotopic (exact) mass is 370 g/mol. The maximum atomic E-state index is 12.7. The number of nitrogens with zero attached hydrogens (tertiary/aromatic N) is 2. The summed E-state index contributed by atoms with van der Waals surface area (Å²) in [6, 6.07) is 4.96. The van der Waals surface area contributed by atoms with E-state index in [1.165, 1.54) is 16.6 Å². The van der Waals surface area contributed by atoms with Crippen molar-refractivity contribution in [3.05, 3.63) is 52.0 Å². The molecule has 1 heterocycles. The highest BCUT2D eigenvalue weighted by molar-refractivity contribution is 9.10. The molecule has 0 atom stereocenters. The predicted octanol–water partition coefficient (Wildman–Crippen LogP) is 2.37. The molecule has 0 aromatic heterocycles. The Morgan fingerprint density at radius 2 is 2.05 bits per heavy atom. The number of sulfonamides is 1. The Morgan fingerprint density at radius 3 is 2.62 bits per heavy atom. The Bertz CT molecular complexity index is 739. The van der Waals surface area contributed by atoms with Crippen LogP contribution in [0, 0.1) is 0 Å². The van der Waals surface area contributed by atoms with E-state index in [2.05, 4.69) is 22.5 Å². The molecule has 0 radical (unpaired) electrons. The first-order valence-electron chi connectivity index (χ1n) is 6.15. The van der Waals surface area contributed by atoms with Crippen LogP contribution in [0.3, 0.4) is 0 Å². The van der Waals surface area contributed by atoms with Gasteiger partial charge in [0.25, 0.3) is 10.0 Å². The highest BCUT2D eigenvalue weighted by Gasteiger charge is 2.39. The van der Waals surface area contributed by atoms with Crippen molar-refractivity contribution < 1.29 is 13.2 Å². The lowest BCUT2D eigenvalue weighted by molar-refractivity contribution is 0.104. The van der Waals surface area contributed by atoms with Gasteiger partial charge in [0.15, 0.2) is 4.91 Å². The van der Waals surface area contributed by atoms with E-state index in [1.807, 2.05) is 0 Å². The molecule has 1 aliphatic heterocycles. The zero-order chi connectivity index (χ0) is 15.8. The van der Waals surface area contributed by atoms with Crippen molar-refractivity contribution in [2.75, 3.05) is 24.9 Å². The first-order valence-corrected chi connectivity index (χ1v) is 8.38. The number of allylic oxidation sites excluding steroid dienone is 1. The zero-order valence-corrected chi connectivity index (χ0v) is 14.1. The van der Waals surface area contributed by atoms with Crippen LogP contribution in [-0.4, -0.2) is 39.7 Å². The number of ketones is 1. The van der Waals surface area contributed by atoms with Crippen molar-refractivity contribution in [1.82, 2.24) is 4.90 Å². The summed E-state index contributed by atoms with van der Waals surface area (Å²) in [5.41, 5.74) is 0.730. The number of rotatable bonds is 3. The second-order valence-corrected chi connectivity index (χ2v) is 7.52. The number of benzene rings is 1. The largest absolute Gasteiger partial charge is 0.382 e. The number of hydrogen-bond donors (Lipinski definition) is 0. The summed E-state index contributed by atoms with van der Waals surface area (Å²) in [6.45, 7) is 3.69. The van der Waals surface area contributed by atoms with Crippen LogP contribution >= 0.6 is 15.9 Å². The SMILES string of the molecule is C=CCN1c2cc(Br)ccc2C(=O)/C(=C/N(C)C)S1(=O)=O. The van der Waals surface area contributed by atoms with Crippen molar-refractivity contribution in [3.63, 3.8) is 0 Å². The maximum Gasteiger partial charge on any atom is 0.270 e. The molecule has 21 heavy (non-hydrogen) atoms. The van der Waals surface area contributed by atoms with Crippen molar-refractivity contribution in [2.24, 2.45) is 0 Å². The lowest BCUT2D eigenvalue weighted by Crippen LogP contribution is -2.40. The third-order valence-electron chi connectivity index (χ3n) is 2.94. The highest BCUT2D eigenvalue weighted by Crippen LogP contribution is 2.36. The number of anilines is 1. The van der Waals surface area contributed by atoms with Gasteiger partial charge in [-0.3, -0.25) is 9.10 Å². The molecule has 1 aliphatic rings. The molecule has 0 bridgehead atoms. The van der Waals surface area contributed by atoms with Crippen LogP contribution in [0.5, 0.6) is 0 Å². The average Bonchev–Trinajstić information content (AvgIpc) is 2.39. The molecule has 7 heteroatoms. The van der Waals surface area contributed by atoms with Gasteiger partial charge in [0.1, 0.15) is 0 Å². The second kappa shape index (κ2) is 5.65. The minimum Gasteiger partial charge on any atom is -0.382 e. The van der Waals surface area contributed by atoms with Gasteiger partial charge in [-0.25, -0.2) is 8.42 Å². The Labute approximate surface area is 132 Å². The van der Waals surface area contributed by atoms with Gasteiger partial charge in [0, 0.05) is 30.3 Å². The zero-order valence-electron chi connectivity index (χ0n) is 11.7. The summed E-state index contributed by atoms with van der Waals surface area (Å²) in [7, 11) is -0.547. The molecule has 0 fully saturated rings. The van der Waals surface area contributed by atoms with Crippen molar-refractivity contribution in [2.45, 2.75) is 0 Å². The Balaban J connectivity index is 2.77. The molecular weight excluding hydrogens is 356 g/mol. The fourth-order valence-corrected chi connectivity index (χ4v) is 4.06. The summed E-state index contributed by atoms with van der Waals surface area (Å²) >= 11 is 3.30. The Kier molecular flexibility index (Phi) is 4.25. The van der Waals surface area contributed by atoms with Crippen LogP contribution in [0.25, 0.3) is 0 Å². The third-order valence-corrected chi connectivity index (χ3v) is 5.20. The lowest BCUT2D eigenvalue weighted by Gasteiger charge is -2.31. The van der Waals surface area contributed by atoms with Crippen LogP contribution in [0.4, 0.5) is 5.69 Å². The van der Waals surface area contributed by atoms with E-state index in [9.17, 15) is 13.2 Å². The van der Waals surface area contributed by atoms with Crippen molar-refractivity contribution >= 4 is 37.4 Å². The fourth-order valence-electron chi connectivity index (χ4n) is 2.07. The van der Waals surface area contributed by atoms with E-state index in [4.69, 9.17) is 0 Å². The van der Waals surface area contributed by atoms with Gasteiger partial charge in [-0.15, -0.1) is 6.58 Å². The quantitative estimate of drug-likeness (QED) is 0.605. The molecule has 1 aromatic rings. The molecule has 1 aromatic carbocycles. The van der Waals surface area contributed by atoms with Gasteiger partial charge in [-0.2, -0.15) is 0 Å². The van der Waals surface area contributed by atoms with Crippen LogP contribution in [0.15, 0.2) is 46.4 Å².